The highest BCUT2D eigenvalue weighted by atomic mass is 16.2. The van der Waals surface area contributed by atoms with E-state index in [1.54, 1.807) is 18.5 Å². The molecule has 3 aromatic rings. The van der Waals surface area contributed by atoms with E-state index in [9.17, 15) is 4.79 Å². The normalized spacial score (nSPS) is 17.2. The molecule has 4 rings (SSSR count). The lowest BCUT2D eigenvalue weighted by Gasteiger charge is -2.32. The second-order valence-corrected chi connectivity index (χ2v) is 6.73. The van der Waals surface area contributed by atoms with Gasteiger partial charge in [-0.1, -0.05) is 30.3 Å². The van der Waals surface area contributed by atoms with Crippen molar-refractivity contribution in [1.82, 2.24) is 19.4 Å². The van der Waals surface area contributed by atoms with E-state index in [4.69, 9.17) is 0 Å². The Hall–Kier alpha value is -2.95. The molecule has 1 atom stereocenters. The van der Waals surface area contributed by atoms with Crippen LogP contribution in [-0.4, -0.2) is 38.4 Å². The lowest BCUT2D eigenvalue weighted by Crippen LogP contribution is -2.39. The lowest BCUT2D eigenvalue weighted by atomic mass is 9.96. The number of carbonyl (C=O) groups is 1. The zero-order valence-electron chi connectivity index (χ0n) is 14.7. The third-order valence-corrected chi connectivity index (χ3v) is 4.93. The maximum absolute atomic E-state index is 12.7. The number of piperidine rings is 1. The van der Waals surface area contributed by atoms with Gasteiger partial charge in [-0.3, -0.25) is 9.78 Å². The summed E-state index contributed by atoms with van der Waals surface area (Å²) in [6.45, 7) is 2.31. The first-order chi connectivity index (χ1) is 12.8. The zero-order chi connectivity index (χ0) is 17.8. The van der Waals surface area contributed by atoms with E-state index in [0.717, 1.165) is 31.8 Å². The molecule has 5 nitrogen and oxygen atoms in total. The van der Waals surface area contributed by atoms with Crippen LogP contribution in [0, 0.1) is 0 Å². The summed E-state index contributed by atoms with van der Waals surface area (Å²) in [4.78, 5) is 23.4. The van der Waals surface area contributed by atoms with Gasteiger partial charge in [0.2, 0.25) is 0 Å². The quantitative estimate of drug-likeness (QED) is 0.728. The molecule has 3 heterocycles. The Balaban J connectivity index is 1.50. The van der Waals surface area contributed by atoms with Gasteiger partial charge in [-0.25, -0.2) is 4.98 Å². The fourth-order valence-corrected chi connectivity index (χ4v) is 3.64. The van der Waals surface area contributed by atoms with Gasteiger partial charge in [-0.05, 0) is 30.5 Å². The zero-order valence-corrected chi connectivity index (χ0v) is 14.7. The minimum absolute atomic E-state index is 0.0592. The van der Waals surface area contributed by atoms with Crippen LogP contribution in [-0.2, 0) is 6.54 Å². The standard InChI is InChI=1S/C21H22N4O/c26-21(18-8-4-10-22-14-18)25-12-5-9-19(16-25)20-23-11-13-24(20)15-17-6-2-1-3-7-17/h1-4,6-8,10-11,13-14,19H,5,9,12,15-16H2. The van der Waals surface area contributed by atoms with Gasteiger partial charge >= 0.3 is 0 Å². The van der Waals surface area contributed by atoms with E-state index in [1.165, 1.54) is 5.56 Å². The molecule has 0 saturated carbocycles. The van der Waals surface area contributed by atoms with Crippen molar-refractivity contribution in [3.8, 4) is 0 Å². The Morgan fingerprint density at radius 3 is 2.81 bits per heavy atom. The first kappa shape index (κ1) is 16.5. The van der Waals surface area contributed by atoms with Crippen molar-refractivity contribution in [3.05, 3.63) is 84.2 Å². The average Bonchev–Trinajstić information content (AvgIpc) is 3.17. The molecule has 1 fully saturated rings. The van der Waals surface area contributed by atoms with Crippen LogP contribution in [0.1, 0.15) is 40.5 Å². The smallest absolute Gasteiger partial charge is 0.255 e. The summed E-state index contributed by atoms with van der Waals surface area (Å²) < 4.78 is 2.21. The molecule has 2 aromatic heterocycles. The van der Waals surface area contributed by atoms with Gasteiger partial charge in [0.05, 0.1) is 5.56 Å². The number of nitrogens with zero attached hydrogens (tertiary/aromatic N) is 4. The number of rotatable bonds is 4. The molecule has 1 unspecified atom stereocenters. The highest BCUT2D eigenvalue weighted by Gasteiger charge is 2.28. The van der Waals surface area contributed by atoms with Crippen LogP contribution in [0.3, 0.4) is 0 Å². The Labute approximate surface area is 153 Å². The molecular formula is C21H22N4O. The predicted octanol–water partition coefficient (Wildman–Crippen LogP) is 3.35. The molecule has 26 heavy (non-hydrogen) atoms. The monoisotopic (exact) mass is 346 g/mol. The Morgan fingerprint density at radius 1 is 1.12 bits per heavy atom. The molecular weight excluding hydrogens is 324 g/mol. The van der Waals surface area contributed by atoms with Crippen molar-refractivity contribution in [3.63, 3.8) is 0 Å². The van der Waals surface area contributed by atoms with Gasteiger partial charge in [0, 0.05) is 50.3 Å². The molecule has 1 saturated heterocycles. The summed E-state index contributed by atoms with van der Waals surface area (Å²) in [6, 6.07) is 14.0. The first-order valence-corrected chi connectivity index (χ1v) is 9.05. The molecule has 0 bridgehead atoms. The molecule has 1 aliphatic heterocycles. The van der Waals surface area contributed by atoms with Gasteiger partial charge in [-0.2, -0.15) is 0 Å². The third kappa shape index (κ3) is 3.52. The Morgan fingerprint density at radius 2 is 2.00 bits per heavy atom. The maximum Gasteiger partial charge on any atom is 0.255 e. The van der Waals surface area contributed by atoms with Crippen LogP contribution < -0.4 is 0 Å². The minimum atomic E-state index is 0.0592. The van der Waals surface area contributed by atoms with E-state index in [-0.39, 0.29) is 11.8 Å². The number of hydrogen-bond acceptors (Lipinski definition) is 3. The van der Waals surface area contributed by atoms with Crippen LogP contribution >= 0.6 is 0 Å². The summed E-state index contributed by atoms with van der Waals surface area (Å²) in [6.07, 6.45) is 9.28. The highest BCUT2D eigenvalue weighted by Crippen LogP contribution is 2.27. The Kier molecular flexibility index (Phi) is 4.78. The molecule has 0 spiro atoms. The topological polar surface area (TPSA) is 51.0 Å². The number of imidazole rings is 1. The van der Waals surface area contributed by atoms with Gasteiger partial charge in [0.1, 0.15) is 5.82 Å². The summed E-state index contributed by atoms with van der Waals surface area (Å²) in [5, 5.41) is 0. The van der Waals surface area contributed by atoms with E-state index >= 15 is 0 Å². The van der Waals surface area contributed by atoms with E-state index < -0.39 is 0 Å². The molecule has 1 aliphatic rings. The average molecular weight is 346 g/mol. The fraction of sp³-hybridized carbons (Fsp3) is 0.286. The van der Waals surface area contributed by atoms with Crippen molar-refractivity contribution in [2.24, 2.45) is 0 Å². The van der Waals surface area contributed by atoms with Crippen LogP contribution in [0.4, 0.5) is 0 Å². The number of aromatic nitrogens is 3. The Bertz CT molecular complexity index is 860. The molecule has 0 radical (unpaired) electrons. The van der Waals surface area contributed by atoms with Crippen LogP contribution in [0.25, 0.3) is 0 Å². The van der Waals surface area contributed by atoms with Gasteiger partial charge in [-0.15, -0.1) is 0 Å². The summed E-state index contributed by atoms with van der Waals surface area (Å²) in [7, 11) is 0. The molecule has 5 heteroatoms. The van der Waals surface area contributed by atoms with Crippen molar-refractivity contribution in [1.29, 1.82) is 0 Å². The predicted molar refractivity (Wildman–Crippen MR) is 99.9 cm³/mol. The number of likely N-dealkylation sites (tertiary alicyclic amines) is 1. The number of hydrogen-bond donors (Lipinski definition) is 0. The van der Waals surface area contributed by atoms with E-state index in [0.29, 0.717) is 12.1 Å². The van der Waals surface area contributed by atoms with E-state index in [2.05, 4.69) is 38.8 Å². The van der Waals surface area contributed by atoms with Crippen LogP contribution in [0.2, 0.25) is 0 Å². The lowest BCUT2D eigenvalue weighted by molar-refractivity contribution is 0.0703. The second kappa shape index (κ2) is 7.52. The van der Waals surface area contributed by atoms with Crippen LogP contribution in [0.5, 0.6) is 0 Å². The first-order valence-electron chi connectivity index (χ1n) is 9.05. The highest BCUT2D eigenvalue weighted by molar-refractivity contribution is 5.93. The third-order valence-electron chi connectivity index (χ3n) is 4.93. The summed E-state index contributed by atoms with van der Waals surface area (Å²) in [5.41, 5.74) is 1.91. The minimum Gasteiger partial charge on any atom is -0.338 e. The maximum atomic E-state index is 12.7. The largest absolute Gasteiger partial charge is 0.338 e. The van der Waals surface area contributed by atoms with Gasteiger partial charge < -0.3 is 9.47 Å². The fourth-order valence-electron chi connectivity index (χ4n) is 3.64. The summed E-state index contributed by atoms with van der Waals surface area (Å²) in [5.74, 6) is 1.39. The van der Waals surface area contributed by atoms with Crippen molar-refractivity contribution in [2.45, 2.75) is 25.3 Å². The molecule has 1 amide bonds. The molecule has 132 valence electrons. The SMILES string of the molecule is O=C(c1cccnc1)N1CCCC(c2nccn2Cc2ccccc2)C1. The number of amides is 1. The molecule has 0 N–H and O–H groups in total. The van der Waals surface area contributed by atoms with Crippen molar-refractivity contribution < 1.29 is 4.79 Å². The second-order valence-electron chi connectivity index (χ2n) is 6.73. The number of benzene rings is 1. The van der Waals surface area contributed by atoms with Gasteiger partial charge in [0.15, 0.2) is 0 Å². The van der Waals surface area contributed by atoms with Crippen LogP contribution in [0.15, 0.2) is 67.3 Å². The summed E-state index contributed by atoms with van der Waals surface area (Å²) >= 11 is 0. The molecule has 1 aromatic carbocycles. The van der Waals surface area contributed by atoms with Crippen molar-refractivity contribution in [2.75, 3.05) is 13.1 Å². The van der Waals surface area contributed by atoms with Gasteiger partial charge in [0.25, 0.3) is 5.91 Å². The number of carbonyl (C=O) groups excluding carboxylic acids is 1. The molecule has 0 aliphatic carbocycles. The number of pyridine rings is 1. The van der Waals surface area contributed by atoms with Crippen molar-refractivity contribution >= 4 is 5.91 Å². The van der Waals surface area contributed by atoms with E-state index in [1.807, 2.05) is 29.4 Å².